The molecule has 2 aromatic carbocycles. The molecule has 1 saturated heterocycles. The van der Waals surface area contributed by atoms with Gasteiger partial charge in [0.2, 0.25) is 11.8 Å². The Kier molecular flexibility index (Phi) is 24.0. The maximum Gasteiger partial charge on any atom is 0.226 e. The number of ether oxygens (including phenoxy) is 1. The van der Waals surface area contributed by atoms with E-state index in [9.17, 15) is 19.8 Å². The van der Waals surface area contributed by atoms with Gasteiger partial charge in [-0.3, -0.25) is 9.59 Å². The summed E-state index contributed by atoms with van der Waals surface area (Å²) in [6, 6.07) is 11.8. The molecular formula is C43H74N2O6S4Si. The van der Waals surface area contributed by atoms with Gasteiger partial charge in [0, 0.05) is 61.0 Å². The lowest BCUT2D eigenvalue weighted by molar-refractivity contribution is -0.119. The Hall–Kier alpha value is -1.16. The lowest BCUT2D eigenvalue weighted by atomic mass is 10.0. The molecule has 2 amide bonds. The van der Waals surface area contributed by atoms with E-state index < -0.39 is 8.32 Å². The Bertz CT molecular complexity index is 1450. The van der Waals surface area contributed by atoms with Crippen LogP contribution in [0.25, 0.3) is 0 Å². The monoisotopic (exact) mass is 870 g/mol. The number of hydrogen-bond acceptors (Lipinski definition) is 10. The van der Waals surface area contributed by atoms with Crippen LogP contribution >= 0.6 is 43.2 Å². The van der Waals surface area contributed by atoms with Crippen LogP contribution in [-0.2, 0) is 45.0 Å². The van der Waals surface area contributed by atoms with E-state index in [1.165, 1.54) is 18.4 Å². The van der Waals surface area contributed by atoms with Crippen molar-refractivity contribution in [2.24, 2.45) is 0 Å². The molecule has 0 aromatic heterocycles. The molecule has 320 valence electrons. The Morgan fingerprint density at radius 1 is 0.714 bits per heavy atom. The van der Waals surface area contributed by atoms with Crippen molar-refractivity contribution in [3.8, 4) is 0 Å². The zero-order chi connectivity index (χ0) is 42.7. The van der Waals surface area contributed by atoms with Crippen LogP contribution in [0.15, 0.2) is 36.4 Å². The SMILES string of the molecule is C1CCOC1.CCc1cc(CO[Si](C)(C)C(C)(C)C)cc(N(C)C(=O)CCC(C)(C)SSC)c1.CSSC(C)(C)CCC(=O)N(C)c1cc(CO)cc(CO)c1. The van der Waals surface area contributed by atoms with Gasteiger partial charge in [-0.15, -0.1) is 0 Å². The van der Waals surface area contributed by atoms with Gasteiger partial charge in [-0.05, 0) is 137 Å². The number of anilines is 2. The molecular weight excluding hydrogens is 797 g/mol. The molecule has 1 fully saturated rings. The molecule has 2 aromatic rings. The molecule has 0 unspecified atom stereocenters. The van der Waals surface area contributed by atoms with Gasteiger partial charge in [0.1, 0.15) is 0 Å². The molecule has 1 heterocycles. The average Bonchev–Trinajstić information content (AvgIpc) is 3.75. The van der Waals surface area contributed by atoms with Crippen LogP contribution in [0.2, 0.25) is 18.1 Å². The molecule has 0 saturated carbocycles. The summed E-state index contributed by atoms with van der Waals surface area (Å²) in [5.74, 6) is 0.207. The van der Waals surface area contributed by atoms with Gasteiger partial charge in [0.25, 0.3) is 0 Å². The highest BCUT2D eigenvalue weighted by Crippen LogP contribution is 2.39. The Balaban J connectivity index is 0.000000509. The first-order chi connectivity index (χ1) is 26.0. The van der Waals surface area contributed by atoms with Crippen LogP contribution in [0.1, 0.15) is 116 Å². The summed E-state index contributed by atoms with van der Waals surface area (Å²) < 4.78 is 11.5. The van der Waals surface area contributed by atoms with Crippen LogP contribution in [-0.4, -0.2) is 79.7 Å². The van der Waals surface area contributed by atoms with Crippen molar-refractivity contribution < 1.29 is 29.0 Å². The van der Waals surface area contributed by atoms with Gasteiger partial charge in [0.05, 0.1) is 19.8 Å². The van der Waals surface area contributed by atoms with Crippen molar-refractivity contribution in [3.05, 3.63) is 58.7 Å². The normalized spacial score (nSPS) is 13.4. The summed E-state index contributed by atoms with van der Waals surface area (Å²) in [5.41, 5.74) is 5.46. The molecule has 8 nitrogen and oxygen atoms in total. The Morgan fingerprint density at radius 2 is 1.11 bits per heavy atom. The number of carbonyl (C=O) groups is 2. The van der Waals surface area contributed by atoms with E-state index in [0.29, 0.717) is 36.3 Å². The van der Waals surface area contributed by atoms with E-state index in [0.717, 1.165) is 43.7 Å². The maximum absolute atomic E-state index is 12.8. The van der Waals surface area contributed by atoms with E-state index in [4.69, 9.17) is 9.16 Å². The average molecular weight is 871 g/mol. The topological polar surface area (TPSA) is 99.5 Å². The van der Waals surface area contributed by atoms with Crippen LogP contribution < -0.4 is 9.80 Å². The van der Waals surface area contributed by atoms with Crippen molar-refractivity contribution in [2.75, 3.05) is 49.6 Å². The molecule has 2 N–H and O–H groups in total. The first-order valence-corrected chi connectivity index (χ1v) is 27.7. The van der Waals surface area contributed by atoms with Crippen molar-refractivity contribution in [1.82, 2.24) is 0 Å². The van der Waals surface area contributed by atoms with E-state index in [1.807, 2.05) is 29.0 Å². The fraction of sp³-hybridized carbons (Fsp3) is 0.674. The van der Waals surface area contributed by atoms with E-state index in [1.54, 1.807) is 62.5 Å². The van der Waals surface area contributed by atoms with Gasteiger partial charge >= 0.3 is 0 Å². The number of hydrogen-bond donors (Lipinski definition) is 2. The minimum atomic E-state index is -1.81. The largest absolute Gasteiger partial charge is 0.413 e. The molecule has 0 atom stereocenters. The minimum absolute atomic E-state index is 0.0359. The van der Waals surface area contributed by atoms with Gasteiger partial charge in [-0.25, -0.2) is 0 Å². The second kappa shape index (κ2) is 25.5. The fourth-order valence-electron chi connectivity index (χ4n) is 5.31. The number of carbonyl (C=O) groups excluding carboxylic acids is 2. The molecule has 0 bridgehead atoms. The Labute approximate surface area is 357 Å². The van der Waals surface area contributed by atoms with Crippen molar-refractivity contribution in [1.29, 1.82) is 0 Å². The number of amides is 2. The second-order valence-electron chi connectivity index (χ2n) is 17.0. The summed E-state index contributed by atoms with van der Waals surface area (Å²) in [6.45, 7) is 24.6. The highest BCUT2D eigenvalue weighted by molar-refractivity contribution is 8.77. The quantitative estimate of drug-likeness (QED) is 0.111. The number of aryl methyl sites for hydroxylation is 1. The maximum atomic E-state index is 12.8. The standard InChI is InChI=1S/C23H41NO2S2Si.C16H25NO3S2.C4H8O/c1-11-18-14-19(17-26-29(9,10)22(2,3)4)16-20(15-18)24(7)21(25)12-13-23(5,6)28-27-8;1-16(2,22-21-4)6-5-15(20)17(3)14-8-12(10-18)7-13(9-14)11-19;1-2-4-5-3-1/h14-16H,11-13,17H2,1-10H3;7-9,18-19H,5-6,10-11H2,1-4H3;1-4H2. The van der Waals surface area contributed by atoms with Crippen LogP contribution in [0.3, 0.4) is 0 Å². The lowest BCUT2D eigenvalue weighted by Gasteiger charge is -2.36. The third-order valence-corrected chi connectivity index (χ3v) is 19.9. The fourth-order valence-corrected chi connectivity index (χ4v) is 10.7. The van der Waals surface area contributed by atoms with Crippen LogP contribution in [0, 0.1) is 0 Å². The number of nitrogens with zero attached hydrogens (tertiary/aromatic N) is 2. The van der Waals surface area contributed by atoms with Gasteiger partial charge < -0.3 is 29.2 Å². The number of benzene rings is 2. The summed E-state index contributed by atoms with van der Waals surface area (Å²) in [5, 5.41) is 18.7. The van der Waals surface area contributed by atoms with Gasteiger partial charge in [0.15, 0.2) is 8.32 Å². The third-order valence-electron chi connectivity index (χ3n) is 10.1. The first-order valence-electron chi connectivity index (χ1n) is 19.7. The zero-order valence-electron chi connectivity index (χ0n) is 37.0. The predicted molar refractivity (Wildman–Crippen MR) is 252 cm³/mol. The van der Waals surface area contributed by atoms with Crippen molar-refractivity contribution in [3.63, 3.8) is 0 Å². The van der Waals surface area contributed by atoms with E-state index >= 15 is 0 Å². The zero-order valence-corrected chi connectivity index (χ0v) is 41.3. The highest BCUT2D eigenvalue weighted by Gasteiger charge is 2.37. The first kappa shape index (κ1) is 52.9. The predicted octanol–water partition coefficient (Wildman–Crippen LogP) is 11.3. The molecule has 0 aliphatic carbocycles. The number of aliphatic hydroxyl groups excluding tert-OH is 2. The second-order valence-corrected chi connectivity index (χ2v) is 28.0. The lowest BCUT2D eigenvalue weighted by Crippen LogP contribution is -2.40. The van der Waals surface area contributed by atoms with Crippen molar-refractivity contribution >= 4 is 74.7 Å². The highest BCUT2D eigenvalue weighted by atomic mass is 33.1. The van der Waals surface area contributed by atoms with E-state index in [2.05, 4.69) is 92.9 Å². The molecule has 3 rings (SSSR count). The minimum Gasteiger partial charge on any atom is -0.413 e. The Morgan fingerprint density at radius 3 is 1.45 bits per heavy atom. The number of aliphatic hydroxyl groups is 2. The molecule has 1 aliphatic heterocycles. The smallest absolute Gasteiger partial charge is 0.226 e. The number of rotatable bonds is 18. The molecule has 0 radical (unpaired) electrons. The molecule has 13 heteroatoms. The third kappa shape index (κ3) is 19.7. The summed E-state index contributed by atoms with van der Waals surface area (Å²) >= 11 is 0. The summed E-state index contributed by atoms with van der Waals surface area (Å²) in [6.07, 6.45) is 10.3. The molecule has 1 aliphatic rings. The van der Waals surface area contributed by atoms with E-state index in [-0.39, 0.29) is 39.6 Å². The van der Waals surface area contributed by atoms with Crippen LogP contribution in [0.5, 0.6) is 0 Å². The summed E-state index contributed by atoms with van der Waals surface area (Å²) in [7, 11) is 8.90. The summed E-state index contributed by atoms with van der Waals surface area (Å²) in [4.78, 5) is 28.6. The van der Waals surface area contributed by atoms with Gasteiger partial charge in [-0.1, -0.05) is 83.0 Å². The van der Waals surface area contributed by atoms with Gasteiger partial charge in [-0.2, -0.15) is 0 Å². The van der Waals surface area contributed by atoms with Crippen LogP contribution in [0.4, 0.5) is 11.4 Å². The molecule has 0 spiro atoms. The van der Waals surface area contributed by atoms with Crippen molar-refractivity contribution in [2.45, 2.75) is 148 Å². The molecule has 56 heavy (non-hydrogen) atoms.